The normalized spacial score (nSPS) is 35.3. The van der Waals surface area contributed by atoms with Crippen LogP contribution in [0, 0.1) is 0 Å². The van der Waals surface area contributed by atoms with Crippen LogP contribution in [-0.2, 0) is 67.0 Å². The highest BCUT2D eigenvalue weighted by atomic mass is 17.2. The van der Waals surface area contributed by atoms with Crippen LogP contribution in [-0.4, -0.2) is 272 Å². The van der Waals surface area contributed by atoms with Gasteiger partial charge in [0, 0.05) is 29.8 Å². The van der Waals surface area contributed by atoms with E-state index < -0.39 is 219 Å². The average Bonchev–Trinajstić information content (AvgIpc) is 0.748. The van der Waals surface area contributed by atoms with E-state index in [0.29, 0.717) is 11.1 Å². The molecule has 6 heterocycles. The first kappa shape index (κ1) is 73.1. The number of hydrogen-bond acceptors (Lipinski definition) is 35. The molecule has 0 radical (unpaired) electrons. The number of phenolic OH excluding ortho intramolecular Hbond substituents is 4. The fourth-order valence-electron chi connectivity index (χ4n) is 11.0. The predicted molar refractivity (Wildman–Crippen MR) is 319 cm³/mol. The summed E-state index contributed by atoms with van der Waals surface area (Å²) in [6.07, 6.45) is -45.6. The Balaban J connectivity index is 1.04. The molecule has 10 rings (SSSR count). The standard InChI is InChI=1S/C63H72O35/c1-24-41(71)46(76)50(80)59(86-24)88-32-19-33(68)40-34(20-32)89-55(28-9-15-31(67)16-10-28)56(45(40)75)94-63-58(96-62-53(83)49(79)44(74)37(92-62)23-85-98-39(70)18-8-27-5-13-30(66)14-6-27)57(54(25(2)87-63)93-60-51(81)47(77)42(72)35(21-64)90-60)95-61-52(82)48(78)43(73)36(91-61)22-84-97-38(69)17-7-26-3-11-29(65)12-4-26/h3-20,24-25,35-37,41-44,46-54,57-68,71-74,76-83H,21-23H2,1-2H3/b17-7+,18-8+/t24-,25-,35+,36+,37+,41-,42+,43+,44+,46+,47-,48-,49-,50+,51+,52+,53+,54-,57+,58+,59-,60-,61-,62-,63-/m0/s1. The molecule has 0 unspecified atom stereocenters. The summed E-state index contributed by atoms with van der Waals surface area (Å²) in [5, 5.41) is 184. The number of aliphatic hydroxyl groups is 13. The summed E-state index contributed by atoms with van der Waals surface area (Å²) in [7, 11) is 0. The molecule has 4 aromatic carbocycles. The molecule has 5 aliphatic rings. The third-order valence-corrected chi connectivity index (χ3v) is 16.5. The summed E-state index contributed by atoms with van der Waals surface area (Å²) in [6, 6.07) is 18.0. The number of carbonyl (C=O) groups is 2. The minimum absolute atomic E-state index is 0.0562. The molecule has 25 atom stereocenters. The number of hydrogen-bond donors (Lipinski definition) is 17. The quantitative estimate of drug-likeness (QED) is 0.0182. The SMILES string of the molecule is C[C@@H]1O[C@@H](Oc2cc(O)c3c(=O)c(O[C@@H]4O[C@@H](C)[C@H](O[C@@H]5O[C@H](CO)[C@@H](O)[C@H](O)[C@H]5O)[C@@H](O[C@@H]5O[C@H](COOC(=O)/C=C/c6ccc(O)cc6)[C@@H](O)[C@H](O)[C@H]5O)[C@H]4O[C@@H]4O[C@H](COOC(=O)/C=C/c5ccc(O)cc5)[C@@H](O)[C@H](O)[C@H]4O)c(-c4ccc(O)cc4)oc3c2)[C@H](O)[C@H](O)[C@H]1O. The molecule has 534 valence electrons. The van der Waals surface area contributed by atoms with Crippen LogP contribution < -0.4 is 14.9 Å². The maximum absolute atomic E-state index is 15.3. The highest BCUT2D eigenvalue weighted by Crippen LogP contribution is 2.42. The Labute approximate surface area is 552 Å². The molecule has 0 amide bonds. The molecule has 0 aliphatic carbocycles. The first-order valence-corrected chi connectivity index (χ1v) is 30.3. The van der Waals surface area contributed by atoms with Gasteiger partial charge in [0.15, 0.2) is 30.7 Å². The summed E-state index contributed by atoms with van der Waals surface area (Å²) in [5.41, 5.74) is -0.892. The second-order valence-corrected chi connectivity index (χ2v) is 23.3. The van der Waals surface area contributed by atoms with Crippen molar-refractivity contribution < 1.29 is 168 Å². The van der Waals surface area contributed by atoms with E-state index in [0.717, 1.165) is 36.4 Å². The molecule has 35 heteroatoms. The lowest BCUT2D eigenvalue weighted by molar-refractivity contribution is -0.404. The Morgan fingerprint density at radius 1 is 0.459 bits per heavy atom. The molecule has 0 bridgehead atoms. The Morgan fingerprint density at radius 2 is 0.888 bits per heavy atom. The van der Waals surface area contributed by atoms with E-state index >= 15 is 4.79 Å². The van der Waals surface area contributed by atoms with E-state index in [2.05, 4.69) is 0 Å². The van der Waals surface area contributed by atoms with Crippen molar-refractivity contribution in [1.29, 1.82) is 0 Å². The minimum Gasteiger partial charge on any atom is -0.508 e. The molecule has 98 heavy (non-hydrogen) atoms. The third kappa shape index (κ3) is 16.5. The number of phenols is 4. The molecule has 5 aliphatic heterocycles. The van der Waals surface area contributed by atoms with Crippen LogP contribution in [0.25, 0.3) is 34.4 Å². The monoisotopic (exact) mass is 1390 g/mol. The maximum atomic E-state index is 15.3. The van der Waals surface area contributed by atoms with E-state index in [9.17, 15) is 96.4 Å². The average molecular weight is 1390 g/mol. The molecule has 17 N–H and O–H groups in total. The Morgan fingerprint density at radius 3 is 1.39 bits per heavy atom. The summed E-state index contributed by atoms with van der Waals surface area (Å²) in [5.74, 6) is -5.33. The number of fused-ring (bicyclic) bond motifs is 1. The minimum atomic E-state index is -2.36. The van der Waals surface area contributed by atoms with Crippen molar-refractivity contribution in [2.45, 2.75) is 167 Å². The molecular weight excluding hydrogens is 1320 g/mol. The van der Waals surface area contributed by atoms with Crippen molar-refractivity contribution in [1.82, 2.24) is 0 Å². The van der Waals surface area contributed by atoms with Gasteiger partial charge < -0.3 is 139 Å². The molecule has 1 aromatic heterocycles. The van der Waals surface area contributed by atoms with E-state index in [4.69, 9.17) is 71.3 Å². The van der Waals surface area contributed by atoms with Crippen LogP contribution in [0.5, 0.6) is 34.5 Å². The van der Waals surface area contributed by atoms with Crippen LogP contribution in [0.2, 0.25) is 0 Å². The maximum Gasteiger partial charge on any atom is 0.365 e. The van der Waals surface area contributed by atoms with Gasteiger partial charge >= 0.3 is 11.9 Å². The third-order valence-electron chi connectivity index (χ3n) is 16.5. The fourth-order valence-corrected chi connectivity index (χ4v) is 11.0. The first-order valence-electron chi connectivity index (χ1n) is 30.3. The van der Waals surface area contributed by atoms with Crippen molar-refractivity contribution in [3.05, 3.63) is 118 Å². The van der Waals surface area contributed by atoms with Gasteiger partial charge in [0.1, 0.15) is 157 Å². The number of aliphatic hydroxyl groups excluding tert-OH is 13. The Bertz CT molecular complexity index is 3610. The predicted octanol–water partition coefficient (Wildman–Crippen LogP) is -3.44. The molecule has 0 spiro atoms. The van der Waals surface area contributed by atoms with Crippen molar-refractivity contribution in [3.8, 4) is 45.8 Å². The van der Waals surface area contributed by atoms with Crippen LogP contribution in [0.4, 0.5) is 0 Å². The molecule has 35 nitrogen and oxygen atoms in total. The van der Waals surface area contributed by atoms with Crippen LogP contribution in [0.1, 0.15) is 25.0 Å². The number of benzene rings is 4. The topological polar surface area (TPSA) is 537 Å². The van der Waals surface area contributed by atoms with Gasteiger partial charge in [-0.1, -0.05) is 24.3 Å². The van der Waals surface area contributed by atoms with E-state index in [-0.39, 0.29) is 28.6 Å². The highest BCUT2D eigenvalue weighted by molar-refractivity contribution is 5.89. The molecule has 5 fully saturated rings. The van der Waals surface area contributed by atoms with Gasteiger partial charge in [0.25, 0.3) is 0 Å². The van der Waals surface area contributed by atoms with Gasteiger partial charge in [0.2, 0.25) is 23.8 Å². The van der Waals surface area contributed by atoms with Gasteiger partial charge in [-0.2, -0.15) is 9.78 Å². The van der Waals surface area contributed by atoms with Crippen molar-refractivity contribution >= 4 is 35.1 Å². The van der Waals surface area contributed by atoms with Gasteiger partial charge in [-0.05, 0) is 85.7 Å². The number of ether oxygens (including phenoxy) is 10. The van der Waals surface area contributed by atoms with Gasteiger partial charge in [-0.15, -0.1) is 0 Å². The Hall–Kier alpha value is -7.61. The lowest BCUT2D eigenvalue weighted by atomic mass is 9.95. The van der Waals surface area contributed by atoms with Crippen LogP contribution >= 0.6 is 0 Å². The lowest BCUT2D eigenvalue weighted by Gasteiger charge is -2.50. The highest BCUT2D eigenvalue weighted by Gasteiger charge is 2.58. The summed E-state index contributed by atoms with van der Waals surface area (Å²) < 4.78 is 67.4. The zero-order chi connectivity index (χ0) is 70.5. The summed E-state index contributed by atoms with van der Waals surface area (Å²) >= 11 is 0. The molecular formula is C63H72O35. The first-order chi connectivity index (χ1) is 46.7. The van der Waals surface area contributed by atoms with Crippen molar-refractivity contribution in [2.75, 3.05) is 19.8 Å². The zero-order valence-electron chi connectivity index (χ0n) is 51.4. The van der Waals surface area contributed by atoms with E-state index in [1.165, 1.54) is 86.7 Å². The molecule has 5 aromatic rings. The second-order valence-electron chi connectivity index (χ2n) is 23.3. The second kappa shape index (κ2) is 31.7. The number of rotatable bonds is 22. The largest absolute Gasteiger partial charge is 0.508 e. The molecule has 0 saturated carbocycles. The lowest BCUT2D eigenvalue weighted by Crippen LogP contribution is -2.68. The smallest absolute Gasteiger partial charge is 0.365 e. The van der Waals surface area contributed by atoms with Gasteiger partial charge in [-0.3, -0.25) is 14.6 Å². The van der Waals surface area contributed by atoms with E-state index in [1.54, 1.807) is 0 Å². The number of carbonyl (C=O) groups excluding carboxylic acids is 2. The van der Waals surface area contributed by atoms with Crippen LogP contribution in [0.15, 0.2) is 106 Å². The van der Waals surface area contributed by atoms with Gasteiger partial charge in [0.05, 0.1) is 18.8 Å². The zero-order valence-corrected chi connectivity index (χ0v) is 51.4. The fraction of sp³-hybridized carbons (Fsp3) is 0.476. The summed E-state index contributed by atoms with van der Waals surface area (Å²) in [6.45, 7) is -0.246. The van der Waals surface area contributed by atoms with Gasteiger partial charge in [-0.25, -0.2) is 9.59 Å². The van der Waals surface area contributed by atoms with Crippen molar-refractivity contribution in [3.63, 3.8) is 0 Å². The number of aromatic hydroxyl groups is 4. The van der Waals surface area contributed by atoms with Crippen molar-refractivity contribution in [2.24, 2.45) is 0 Å². The Kier molecular flexibility index (Phi) is 23.7. The summed E-state index contributed by atoms with van der Waals surface area (Å²) in [4.78, 5) is 60.6. The van der Waals surface area contributed by atoms with E-state index in [1.807, 2.05) is 0 Å². The van der Waals surface area contributed by atoms with Crippen LogP contribution in [0.3, 0.4) is 0 Å². The molecule has 5 saturated heterocycles.